The Bertz CT molecular complexity index is 441. The largest absolute Gasteiger partial charge is 0.465 e. The summed E-state index contributed by atoms with van der Waals surface area (Å²) in [6.07, 6.45) is 1.08. The summed E-state index contributed by atoms with van der Waals surface area (Å²) >= 11 is 0. The molecular weight excluding hydrogens is 324 g/mol. The van der Waals surface area contributed by atoms with Crippen molar-refractivity contribution in [2.24, 2.45) is 5.92 Å². The van der Waals surface area contributed by atoms with E-state index in [2.05, 4.69) is 24.5 Å². The van der Waals surface area contributed by atoms with E-state index in [9.17, 15) is 9.59 Å². The van der Waals surface area contributed by atoms with Gasteiger partial charge >= 0.3 is 12.1 Å². The van der Waals surface area contributed by atoms with E-state index in [0.717, 1.165) is 12.8 Å². The maximum atomic E-state index is 12.2. The topological polar surface area (TPSA) is 85.9 Å². The van der Waals surface area contributed by atoms with Crippen LogP contribution in [0, 0.1) is 5.92 Å². The van der Waals surface area contributed by atoms with Gasteiger partial charge in [-0.25, -0.2) is 4.79 Å². The first-order valence-corrected chi connectivity index (χ1v) is 9.06. The molecule has 0 saturated carbocycles. The molecule has 0 aliphatic carbocycles. The molecule has 1 heterocycles. The fourth-order valence-corrected chi connectivity index (χ4v) is 2.61. The summed E-state index contributed by atoms with van der Waals surface area (Å²) in [6, 6.07) is -0.199. The summed E-state index contributed by atoms with van der Waals surface area (Å²) in [4.78, 5) is 24.0. The van der Waals surface area contributed by atoms with Crippen LogP contribution in [0.4, 0.5) is 4.79 Å². The van der Waals surface area contributed by atoms with Crippen molar-refractivity contribution in [3.63, 3.8) is 0 Å². The zero-order chi connectivity index (χ0) is 19.1. The minimum Gasteiger partial charge on any atom is -0.465 e. The first kappa shape index (κ1) is 21.7. The number of amides is 1. The normalized spacial score (nSPS) is 17.6. The van der Waals surface area contributed by atoms with Gasteiger partial charge in [-0.2, -0.15) is 0 Å². The Hall–Kier alpha value is -1.34. The summed E-state index contributed by atoms with van der Waals surface area (Å²) in [5.74, 6) is 0.0694. The lowest BCUT2D eigenvalue weighted by molar-refractivity contribution is -0.145. The summed E-state index contributed by atoms with van der Waals surface area (Å²) in [7, 11) is 0. The van der Waals surface area contributed by atoms with Crippen LogP contribution >= 0.6 is 0 Å². The molecule has 1 amide bonds. The van der Waals surface area contributed by atoms with Gasteiger partial charge in [0.15, 0.2) is 0 Å². The second kappa shape index (κ2) is 9.38. The predicted octanol–water partition coefficient (Wildman–Crippen LogP) is 2.24. The fraction of sp³-hybridized carbons (Fsp3) is 0.889. The third kappa shape index (κ3) is 7.61. The Morgan fingerprint density at radius 1 is 1.24 bits per heavy atom. The number of esters is 1. The van der Waals surface area contributed by atoms with E-state index in [-0.39, 0.29) is 18.6 Å². The zero-order valence-electron chi connectivity index (χ0n) is 16.4. The van der Waals surface area contributed by atoms with Crippen LogP contribution in [0.15, 0.2) is 0 Å². The summed E-state index contributed by atoms with van der Waals surface area (Å²) in [6.45, 7) is 13.0. The maximum absolute atomic E-state index is 12.2. The van der Waals surface area contributed by atoms with Gasteiger partial charge in [-0.05, 0) is 39.5 Å². The van der Waals surface area contributed by atoms with E-state index in [1.165, 1.54) is 0 Å². The highest BCUT2D eigenvalue weighted by Gasteiger charge is 2.47. The lowest BCUT2D eigenvalue weighted by Gasteiger charge is -2.48. The Labute approximate surface area is 151 Å². The van der Waals surface area contributed by atoms with Gasteiger partial charge < -0.3 is 19.5 Å². The number of nitrogens with one attached hydrogen (secondary N) is 2. The third-order valence-electron chi connectivity index (χ3n) is 3.84. The van der Waals surface area contributed by atoms with Gasteiger partial charge in [0, 0.05) is 0 Å². The van der Waals surface area contributed by atoms with Crippen LogP contribution in [0.25, 0.3) is 0 Å². The van der Waals surface area contributed by atoms with Crippen molar-refractivity contribution in [1.29, 1.82) is 0 Å². The molecule has 1 atom stereocenters. The Morgan fingerprint density at radius 2 is 1.88 bits per heavy atom. The van der Waals surface area contributed by atoms with Gasteiger partial charge in [0.1, 0.15) is 5.60 Å². The molecule has 7 heteroatoms. The summed E-state index contributed by atoms with van der Waals surface area (Å²) in [5.41, 5.74) is -1.04. The molecule has 1 rings (SSSR count). The average molecular weight is 358 g/mol. The predicted molar refractivity (Wildman–Crippen MR) is 95.4 cm³/mol. The van der Waals surface area contributed by atoms with Gasteiger partial charge in [-0.3, -0.25) is 10.1 Å². The molecule has 0 radical (unpaired) electrons. The molecular formula is C18H34N2O5. The molecule has 0 aromatic rings. The zero-order valence-corrected chi connectivity index (χ0v) is 16.4. The first-order valence-electron chi connectivity index (χ1n) is 9.06. The van der Waals surface area contributed by atoms with Crippen LogP contribution in [0.3, 0.4) is 0 Å². The number of alkyl carbamates (subject to hydrolysis) is 1. The SMILES string of the molecule is CCCOC(=O)CNC1([C@@H](CC(C)C)NC(=O)OC(C)(C)C)COC1. The van der Waals surface area contributed by atoms with E-state index >= 15 is 0 Å². The molecule has 0 unspecified atom stereocenters. The molecule has 0 bridgehead atoms. The molecule has 1 aliphatic heterocycles. The van der Waals surface area contributed by atoms with E-state index < -0.39 is 17.2 Å². The smallest absolute Gasteiger partial charge is 0.407 e. The molecule has 146 valence electrons. The van der Waals surface area contributed by atoms with Crippen LogP contribution in [0.1, 0.15) is 54.4 Å². The molecule has 7 nitrogen and oxygen atoms in total. The molecule has 2 N–H and O–H groups in total. The van der Waals surface area contributed by atoms with E-state index in [1.54, 1.807) is 0 Å². The lowest BCUT2D eigenvalue weighted by atomic mass is 9.83. The summed E-state index contributed by atoms with van der Waals surface area (Å²) in [5, 5.41) is 6.20. The maximum Gasteiger partial charge on any atom is 0.407 e. The van der Waals surface area contributed by atoms with E-state index in [1.807, 2.05) is 27.7 Å². The number of ether oxygens (including phenoxy) is 3. The van der Waals surface area contributed by atoms with Crippen LogP contribution in [0.2, 0.25) is 0 Å². The molecule has 25 heavy (non-hydrogen) atoms. The molecule has 0 aromatic carbocycles. The van der Waals surface area contributed by atoms with Crippen molar-refractivity contribution in [2.45, 2.75) is 71.6 Å². The molecule has 1 aliphatic rings. The Morgan fingerprint density at radius 3 is 2.32 bits per heavy atom. The standard InChI is InChI=1S/C18H34N2O5/c1-7-8-24-15(21)10-19-18(11-23-12-18)14(9-13(2)3)20-16(22)25-17(4,5)6/h13-14,19H,7-12H2,1-6H3,(H,20,22)/t14-/m1/s1. The number of rotatable bonds is 9. The second-order valence-corrected chi connectivity index (χ2v) is 8.05. The molecule has 1 saturated heterocycles. The van der Waals surface area contributed by atoms with Crippen molar-refractivity contribution in [1.82, 2.24) is 10.6 Å². The molecule has 0 aromatic heterocycles. The molecule has 1 fully saturated rings. The lowest BCUT2D eigenvalue weighted by Crippen LogP contribution is -2.72. The van der Waals surface area contributed by atoms with Gasteiger partial charge in [0.2, 0.25) is 0 Å². The van der Waals surface area contributed by atoms with Crippen molar-refractivity contribution in [3.05, 3.63) is 0 Å². The van der Waals surface area contributed by atoms with Crippen molar-refractivity contribution in [3.8, 4) is 0 Å². The minimum atomic E-state index is -0.562. The monoisotopic (exact) mass is 358 g/mol. The van der Waals surface area contributed by atoms with Crippen LogP contribution in [-0.2, 0) is 19.0 Å². The highest BCUT2D eigenvalue weighted by Crippen LogP contribution is 2.26. The van der Waals surface area contributed by atoms with Gasteiger partial charge in [0.05, 0.1) is 37.9 Å². The summed E-state index contributed by atoms with van der Waals surface area (Å²) < 4.78 is 15.9. The molecule has 0 spiro atoms. The minimum absolute atomic E-state index is 0.0912. The van der Waals surface area contributed by atoms with Crippen LogP contribution < -0.4 is 10.6 Å². The second-order valence-electron chi connectivity index (χ2n) is 8.05. The average Bonchev–Trinajstić information content (AvgIpc) is 2.40. The van der Waals surface area contributed by atoms with Crippen molar-refractivity contribution >= 4 is 12.1 Å². The number of hydrogen-bond donors (Lipinski definition) is 2. The van der Waals surface area contributed by atoms with Gasteiger partial charge in [-0.15, -0.1) is 0 Å². The highest BCUT2D eigenvalue weighted by atomic mass is 16.6. The van der Waals surface area contributed by atoms with Crippen LogP contribution in [0.5, 0.6) is 0 Å². The Kier molecular flexibility index (Phi) is 8.15. The van der Waals surface area contributed by atoms with Gasteiger partial charge in [0.25, 0.3) is 0 Å². The highest BCUT2D eigenvalue weighted by molar-refractivity contribution is 5.72. The first-order chi connectivity index (χ1) is 11.6. The number of carbonyl (C=O) groups excluding carboxylic acids is 2. The number of hydrogen-bond acceptors (Lipinski definition) is 6. The Balaban J connectivity index is 2.72. The quantitative estimate of drug-likeness (QED) is 0.615. The van der Waals surface area contributed by atoms with Crippen molar-refractivity contribution < 1.29 is 23.8 Å². The fourth-order valence-electron chi connectivity index (χ4n) is 2.61. The van der Waals surface area contributed by atoms with Crippen LogP contribution in [-0.4, -0.2) is 55.6 Å². The van der Waals surface area contributed by atoms with Gasteiger partial charge in [-0.1, -0.05) is 20.8 Å². The third-order valence-corrected chi connectivity index (χ3v) is 3.84. The van der Waals surface area contributed by atoms with E-state index in [4.69, 9.17) is 14.2 Å². The van der Waals surface area contributed by atoms with E-state index in [0.29, 0.717) is 25.7 Å². The number of carbonyl (C=O) groups is 2. The van der Waals surface area contributed by atoms with Crippen molar-refractivity contribution in [2.75, 3.05) is 26.4 Å².